The van der Waals surface area contributed by atoms with E-state index >= 15 is 0 Å². The fourth-order valence-electron chi connectivity index (χ4n) is 3.61. The molecule has 1 aliphatic heterocycles. The van der Waals surface area contributed by atoms with Crippen molar-refractivity contribution in [3.05, 3.63) is 64.4 Å². The minimum Gasteiger partial charge on any atom is -0.351 e. The molecule has 1 amide bonds. The molecule has 5 nitrogen and oxygen atoms in total. The molecule has 2 aliphatic rings. The van der Waals surface area contributed by atoms with Crippen LogP contribution in [-0.4, -0.2) is 50.2 Å². The molecule has 1 aromatic heterocycles. The zero-order chi connectivity index (χ0) is 20.8. The summed E-state index contributed by atoms with van der Waals surface area (Å²) in [6.07, 6.45) is 3.46. The van der Waals surface area contributed by atoms with Crippen LogP contribution in [0.3, 0.4) is 0 Å². The molecule has 2 fully saturated rings. The molecule has 29 heavy (non-hydrogen) atoms. The minimum atomic E-state index is -2.36. The van der Waals surface area contributed by atoms with E-state index in [4.69, 9.17) is 11.6 Å². The van der Waals surface area contributed by atoms with Crippen molar-refractivity contribution < 1.29 is 17.8 Å². The number of benzene rings is 1. The molecule has 9 heteroatoms. The smallest absolute Gasteiger partial charge is 0.255 e. The standard InChI is InChI=1S/C20H20ClF2N3O2S/c1-29(28,13-5-6-13)26-11-20(12-26,16-4-2-3-9-24-16)10-25-19(27)17-14(22)7-8-15(23)18(17)21/h2-4,7-9,13H,1,5-6,10-12H2,(H,25,27). The van der Waals surface area contributed by atoms with E-state index in [-0.39, 0.29) is 11.8 Å². The van der Waals surface area contributed by atoms with Gasteiger partial charge in [-0.15, -0.1) is 0 Å². The van der Waals surface area contributed by atoms with Crippen LogP contribution in [0.2, 0.25) is 5.02 Å². The molecule has 1 aliphatic carbocycles. The van der Waals surface area contributed by atoms with Crippen LogP contribution in [-0.2, 0) is 15.1 Å². The predicted molar refractivity (Wildman–Crippen MR) is 109 cm³/mol. The predicted octanol–water partition coefficient (Wildman–Crippen LogP) is 2.79. The second kappa shape index (κ2) is 7.34. The van der Waals surface area contributed by atoms with Crippen LogP contribution >= 0.6 is 11.6 Å². The topological polar surface area (TPSA) is 62.3 Å². The summed E-state index contributed by atoms with van der Waals surface area (Å²) >= 11 is 5.79. The van der Waals surface area contributed by atoms with Gasteiger partial charge < -0.3 is 5.32 Å². The molecular formula is C20H20ClF2N3O2S. The summed E-state index contributed by atoms with van der Waals surface area (Å²) in [5.41, 5.74) is -0.395. The van der Waals surface area contributed by atoms with Crippen molar-refractivity contribution >= 4 is 33.1 Å². The summed E-state index contributed by atoms with van der Waals surface area (Å²) in [6.45, 7) is 0.927. The van der Waals surface area contributed by atoms with Crippen LogP contribution in [0.15, 0.2) is 36.5 Å². The van der Waals surface area contributed by atoms with E-state index < -0.39 is 43.3 Å². The van der Waals surface area contributed by atoms with Crippen molar-refractivity contribution in [3.63, 3.8) is 0 Å². The molecule has 2 heterocycles. The number of pyridine rings is 1. The molecule has 0 bridgehead atoms. The molecule has 154 valence electrons. The molecule has 2 aromatic rings. The van der Waals surface area contributed by atoms with Crippen molar-refractivity contribution in [1.82, 2.24) is 14.6 Å². The fraction of sp³-hybridized carbons (Fsp3) is 0.350. The van der Waals surface area contributed by atoms with Crippen LogP contribution in [0.1, 0.15) is 28.9 Å². The van der Waals surface area contributed by atoms with E-state index in [1.54, 1.807) is 12.3 Å². The quantitative estimate of drug-likeness (QED) is 0.556. The normalized spacial score (nSPS) is 20.5. The summed E-state index contributed by atoms with van der Waals surface area (Å²) < 4.78 is 42.5. The van der Waals surface area contributed by atoms with E-state index in [0.29, 0.717) is 13.1 Å². The molecule has 1 N–H and O–H groups in total. The summed E-state index contributed by atoms with van der Waals surface area (Å²) in [4.78, 5) is 16.9. The van der Waals surface area contributed by atoms with Gasteiger partial charge in [0.2, 0.25) is 0 Å². The molecule has 0 radical (unpaired) electrons. The molecule has 1 aromatic carbocycles. The van der Waals surface area contributed by atoms with Crippen molar-refractivity contribution in [2.24, 2.45) is 0 Å². The number of carbonyl (C=O) groups excluding carboxylic acids is 1. The monoisotopic (exact) mass is 439 g/mol. The second-order valence-corrected chi connectivity index (χ2v) is 10.5. The Hall–Kier alpha value is -2.03. The lowest BCUT2D eigenvalue weighted by molar-refractivity contribution is 0.0898. The number of hydrogen-bond donors (Lipinski definition) is 1. The first-order valence-electron chi connectivity index (χ1n) is 9.19. The number of carbonyl (C=O) groups is 1. The molecule has 1 saturated carbocycles. The number of nitrogens with one attached hydrogen (secondary N) is 1. The van der Waals surface area contributed by atoms with Gasteiger partial charge in [0.1, 0.15) is 11.6 Å². The number of hydrogen-bond acceptors (Lipinski definition) is 3. The minimum absolute atomic E-state index is 0.110. The zero-order valence-electron chi connectivity index (χ0n) is 15.5. The Kier molecular flexibility index (Phi) is 5.13. The van der Waals surface area contributed by atoms with Gasteiger partial charge in [-0.3, -0.25) is 14.0 Å². The lowest BCUT2D eigenvalue weighted by Gasteiger charge is -2.50. The summed E-state index contributed by atoms with van der Waals surface area (Å²) in [5.74, 6) is 1.35. The lowest BCUT2D eigenvalue weighted by Crippen LogP contribution is -2.65. The third-order valence-corrected chi connectivity index (χ3v) is 8.52. The Morgan fingerprint density at radius 1 is 1.28 bits per heavy atom. The third kappa shape index (κ3) is 3.65. The number of halogens is 3. The van der Waals surface area contributed by atoms with E-state index in [2.05, 4.69) is 16.2 Å². The number of rotatable bonds is 6. The van der Waals surface area contributed by atoms with Crippen molar-refractivity contribution in [1.29, 1.82) is 0 Å². The first-order valence-corrected chi connectivity index (χ1v) is 11.3. The number of aromatic nitrogens is 1. The van der Waals surface area contributed by atoms with Crippen LogP contribution in [0, 0.1) is 11.6 Å². The largest absolute Gasteiger partial charge is 0.351 e. The molecule has 0 spiro atoms. The Bertz CT molecular complexity index is 1050. The van der Waals surface area contributed by atoms with Gasteiger partial charge >= 0.3 is 0 Å². The van der Waals surface area contributed by atoms with Crippen molar-refractivity contribution in [3.8, 4) is 0 Å². The molecule has 1 saturated heterocycles. The maximum atomic E-state index is 14.1. The van der Waals surface area contributed by atoms with Gasteiger partial charge in [-0.2, -0.15) is 0 Å². The first kappa shape index (κ1) is 20.3. The number of nitrogens with zero attached hydrogens (tertiary/aromatic N) is 2. The third-order valence-electron chi connectivity index (χ3n) is 5.51. The summed E-state index contributed by atoms with van der Waals surface area (Å²) in [7, 11) is -2.36. The maximum Gasteiger partial charge on any atom is 0.255 e. The lowest BCUT2D eigenvalue weighted by atomic mass is 9.78. The Morgan fingerprint density at radius 2 is 1.97 bits per heavy atom. The highest BCUT2D eigenvalue weighted by molar-refractivity contribution is 7.99. The Morgan fingerprint density at radius 3 is 2.59 bits per heavy atom. The molecule has 4 rings (SSSR count). The molecular weight excluding hydrogens is 420 g/mol. The highest BCUT2D eigenvalue weighted by atomic mass is 35.5. The second-order valence-electron chi connectivity index (χ2n) is 7.58. The first-order chi connectivity index (χ1) is 13.7. The van der Waals surface area contributed by atoms with E-state index in [0.717, 1.165) is 30.7 Å². The summed E-state index contributed by atoms with van der Waals surface area (Å²) in [5, 5.41) is 2.21. The maximum absolute atomic E-state index is 14.1. The van der Waals surface area contributed by atoms with Gasteiger partial charge in [-0.25, -0.2) is 13.1 Å². The van der Waals surface area contributed by atoms with Crippen LogP contribution in [0.4, 0.5) is 8.78 Å². The van der Waals surface area contributed by atoms with E-state index in [1.165, 1.54) is 0 Å². The SMILES string of the molecule is C=S(=O)(C1CC1)N1CC(CNC(=O)c2c(F)ccc(F)c2Cl)(c2ccccn2)C1. The van der Waals surface area contributed by atoms with Crippen LogP contribution < -0.4 is 5.32 Å². The van der Waals surface area contributed by atoms with Crippen LogP contribution in [0.25, 0.3) is 0 Å². The highest BCUT2D eigenvalue weighted by Crippen LogP contribution is 2.40. The summed E-state index contributed by atoms with van der Waals surface area (Å²) in [6, 6.07) is 7.18. The zero-order valence-corrected chi connectivity index (χ0v) is 17.1. The Labute approximate surface area is 173 Å². The molecule has 1 atom stereocenters. The highest BCUT2D eigenvalue weighted by Gasteiger charge is 2.51. The number of amides is 1. The average Bonchev–Trinajstić information content (AvgIpc) is 3.51. The fourth-order valence-corrected chi connectivity index (χ4v) is 6.07. The van der Waals surface area contributed by atoms with E-state index in [9.17, 15) is 17.8 Å². The van der Waals surface area contributed by atoms with Crippen molar-refractivity contribution in [2.75, 3.05) is 19.6 Å². The van der Waals surface area contributed by atoms with Gasteiger partial charge in [-0.1, -0.05) is 17.7 Å². The van der Waals surface area contributed by atoms with Gasteiger partial charge in [-0.05, 0) is 43.0 Å². The van der Waals surface area contributed by atoms with Gasteiger partial charge in [0.05, 0.1) is 21.7 Å². The van der Waals surface area contributed by atoms with Gasteiger partial charge in [0.15, 0.2) is 0 Å². The van der Waals surface area contributed by atoms with Gasteiger partial charge in [0.25, 0.3) is 5.91 Å². The Balaban J connectivity index is 1.55. The average molecular weight is 440 g/mol. The molecule has 1 unspecified atom stereocenters. The van der Waals surface area contributed by atoms with Gasteiger partial charge in [0, 0.05) is 40.8 Å². The van der Waals surface area contributed by atoms with E-state index in [1.807, 2.05) is 16.4 Å². The van der Waals surface area contributed by atoms with Crippen LogP contribution in [0.5, 0.6) is 0 Å². The van der Waals surface area contributed by atoms with Crippen molar-refractivity contribution in [2.45, 2.75) is 23.5 Å².